The molecule has 1 atom stereocenters. The molecule has 2 aromatic rings. The van der Waals surface area contributed by atoms with Crippen LogP contribution >= 0.6 is 0 Å². The number of ether oxygens (including phenoxy) is 1. The SMILES string of the molecule is C=Cc1ccc2c(c1)CC[C@H](N(C)C(=O)c1ccc(OCC3CC3)cn1)C2. The highest BCUT2D eigenvalue weighted by atomic mass is 16.5. The third-order valence-electron chi connectivity index (χ3n) is 5.67. The fraction of sp³-hybridized carbons (Fsp3) is 0.391. The van der Waals surface area contributed by atoms with Crippen molar-refractivity contribution >= 4 is 12.0 Å². The number of nitrogens with zero attached hydrogens (tertiary/aromatic N) is 2. The molecule has 1 heterocycles. The van der Waals surface area contributed by atoms with Crippen molar-refractivity contribution in [2.24, 2.45) is 5.92 Å². The number of hydrogen-bond donors (Lipinski definition) is 0. The van der Waals surface area contributed by atoms with Crippen molar-refractivity contribution in [3.05, 3.63) is 65.5 Å². The Morgan fingerprint density at radius 1 is 1.26 bits per heavy atom. The summed E-state index contributed by atoms with van der Waals surface area (Å²) in [5, 5.41) is 0. The number of carbonyl (C=O) groups excluding carboxylic acids is 1. The van der Waals surface area contributed by atoms with Crippen LogP contribution in [-0.2, 0) is 12.8 Å². The van der Waals surface area contributed by atoms with Crippen LogP contribution in [0.25, 0.3) is 6.08 Å². The first kappa shape index (κ1) is 17.8. The fourth-order valence-electron chi connectivity index (χ4n) is 3.65. The molecule has 140 valence electrons. The number of aryl methyl sites for hydroxylation is 1. The van der Waals surface area contributed by atoms with Gasteiger partial charge < -0.3 is 9.64 Å². The summed E-state index contributed by atoms with van der Waals surface area (Å²) < 4.78 is 5.70. The second-order valence-electron chi connectivity index (χ2n) is 7.68. The molecular formula is C23H26N2O2. The number of amides is 1. The molecule has 4 rings (SSSR count). The summed E-state index contributed by atoms with van der Waals surface area (Å²) >= 11 is 0. The minimum absolute atomic E-state index is 0.0279. The lowest BCUT2D eigenvalue weighted by atomic mass is 9.86. The fourth-order valence-corrected chi connectivity index (χ4v) is 3.65. The van der Waals surface area contributed by atoms with Crippen molar-refractivity contribution in [2.45, 2.75) is 38.1 Å². The van der Waals surface area contributed by atoms with Crippen molar-refractivity contribution in [3.8, 4) is 5.75 Å². The summed E-state index contributed by atoms with van der Waals surface area (Å²) in [5.41, 5.74) is 4.34. The lowest BCUT2D eigenvalue weighted by molar-refractivity contribution is 0.0713. The van der Waals surface area contributed by atoms with Crippen molar-refractivity contribution in [1.29, 1.82) is 0 Å². The van der Waals surface area contributed by atoms with Gasteiger partial charge in [-0.15, -0.1) is 0 Å². The maximum absolute atomic E-state index is 12.9. The average molecular weight is 362 g/mol. The number of hydrogen-bond acceptors (Lipinski definition) is 3. The van der Waals surface area contributed by atoms with E-state index in [4.69, 9.17) is 4.74 Å². The van der Waals surface area contributed by atoms with Gasteiger partial charge >= 0.3 is 0 Å². The van der Waals surface area contributed by atoms with Crippen LogP contribution < -0.4 is 4.74 Å². The maximum Gasteiger partial charge on any atom is 0.272 e. The van der Waals surface area contributed by atoms with Crippen LogP contribution in [0.3, 0.4) is 0 Å². The molecule has 0 N–H and O–H groups in total. The van der Waals surface area contributed by atoms with Crippen LogP contribution in [0, 0.1) is 5.92 Å². The molecule has 1 saturated carbocycles. The van der Waals surface area contributed by atoms with Gasteiger partial charge in [0.1, 0.15) is 11.4 Å². The number of carbonyl (C=O) groups is 1. The van der Waals surface area contributed by atoms with Crippen molar-refractivity contribution in [2.75, 3.05) is 13.7 Å². The third kappa shape index (κ3) is 4.05. The van der Waals surface area contributed by atoms with Gasteiger partial charge in [-0.25, -0.2) is 4.98 Å². The second-order valence-corrected chi connectivity index (χ2v) is 7.68. The summed E-state index contributed by atoms with van der Waals surface area (Å²) in [6.07, 6.45) is 8.90. The van der Waals surface area contributed by atoms with Gasteiger partial charge in [-0.05, 0) is 66.8 Å². The van der Waals surface area contributed by atoms with Gasteiger partial charge in [-0.2, -0.15) is 0 Å². The number of likely N-dealkylation sites (N-methyl/N-ethyl adjacent to an activating group) is 1. The maximum atomic E-state index is 12.9. The number of benzene rings is 1. The number of rotatable bonds is 6. The van der Waals surface area contributed by atoms with Crippen LogP contribution in [-0.4, -0.2) is 35.5 Å². The zero-order valence-corrected chi connectivity index (χ0v) is 15.9. The van der Waals surface area contributed by atoms with E-state index in [0.29, 0.717) is 11.6 Å². The van der Waals surface area contributed by atoms with Gasteiger partial charge in [0, 0.05) is 13.1 Å². The highest BCUT2D eigenvalue weighted by molar-refractivity contribution is 5.92. The summed E-state index contributed by atoms with van der Waals surface area (Å²) in [6.45, 7) is 4.59. The van der Waals surface area contributed by atoms with E-state index in [1.165, 1.54) is 24.0 Å². The van der Waals surface area contributed by atoms with Crippen molar-refractivity contribution in [3.63, 3.8) is 0 Å². The van der Waals surface area contributed by atoms with Gasteiger partial charge in [0.2, 0.25) is 0 Å². The van der Waals surface area contributed by atoms with E-state index in [0.717, 1.165) is 37.2 Å². The second kappa shape index (κ2) is 7.55. The Balaban J connectivity index is 1.40. The van der Waals surface area contributed by atoms with E-state index < -0.39 is 0 Å². The predicted molar refractivity (Wildman–Crippen MR) is 107 cm³/mol. The van der Waals surface area contributed by atoms with E-state index >= 15 is 0 Å². The molecule has 0 spiro atoms. The van der Waals surface area contributed by atoms with Gasteiger partial charge in [0.15, 0.2) is 0 Å². The normalized spacial score (nSPS) is 18.5. The lowest BCUT2D eigenvalue weighted by Gasteiger charge is -2.32. The van der Waals surface area contributed by atoms with E-state index in [-0.39, 0.29) is 11.9 Å². The van der Waals surface area contributed by atoms with Crippen LogP contribution in [0.2, 0.25) is 0 Å². The molecule has 4 heteroatoms. The molecule has 1 amide bonds. The zero-order chi connectivity index (χ0) is 18.8. The van der Waals surface area contributed by atoms with Crippen LogP contribution in [0.4, 0.5) is 0 Å². The topological polar surface area (TPSA) is 42.4 Å². The molecular weight excluding hydrogens is 336 g/mol. The Labute approximate surface area is 160 Å². The molecule has 0 bridgehead atoms. The van der Waals surface area contributed by atoms with Crippen LogP contribution in [0.5, 0.6) is 5.75 Å². The van der Waals surface area contributed by atoms with E-state index in [9.17, 15) is 4.79 Å². The van der Waals surface area contributed by atoms with Gasteiger partial charge in [-0.1, -0.05) is 30.9 Å². The highest BCUT2D eigenvalue weighted by Gasteiger charge is 2.26. The zero-order valence-electron chi connectivity index (χ0n) is 15.9. The Kier molecular flexibility index (Phi) is 4.97. The smallest absolute Gasteiger partial charge is 0.272 e. The van der Waals surface area contributed by atoms with Crippen LogP contribution in [0.1, 0.15) is 46.4 Å². The van der Waals surface area contributed by atoms with E-state index in [2.05, 4.69) is 29.8 Å². The first-order valence-electron chi connectivity index (χ1n) is 9.74. The molecule has 1 fully saturated rings. The number of aromatic nitrogens is 1. The highest BCUT2D eigenvalue weighted by Crippen LogP contribution is 2.29. The molecule has 2 aliphatic carbocycles. The summed E-state index contributed by atoms with van der Waals surface area (Å²) in [5.74, 6) is 1.42. The first-order valence-corrected chi connectivity index (χ1v) is 9.74. The minimum atomic E-state index is -0.0279. The van der Waals surface area contributed by atoms with Gasteiger partial charge in [0.05, 0.1) is 12.8 Å². The molecule has 27 heavy (non-hydrogen) atoms. The minimum Gasteiger partial charge on any atom is -0.492 e. The van der Waals surface area contributed by atoms with Gasteiger partial charge in [0.25, 0.3) is 5.91 Å². The average Bonchev–Trinajstić information content (AvgIpc) is 3.55. The summed E-state index contributed by atoms with van der Waals surface area (Å²) in [4.78, 5) is 19.0. The van der Waals surface area contributed by atoms with Crippen molar-refractivity contribution in [1.82, 2.24) is 9.88 Å². The van der Waals surface area contributed by atoms with Crippen molar-refractivity contribution < 1.29 is 9.53 Å². The molecule has 0 aliphatic heterocycles. The third-order valence-corrected chi connectivity index (χ3v) is 5.67. The molecule has 0 saturated heterocycles. The van der Waals surface area contributed by atoms with Crippen LogP contribution in [0.15, 0.2) is 43.1 Å². The number of fused-ring (bicyclic) bond motifs is 1. The summed E-state index contributed by atoms with van der Waals surface area (Å²) in [6, 6.07) is 10.3. The molecule has 2 aliphatic rings. The monoisotopic (exact) mass is 362 g/mol. The summed E-state index contributed by atoms with van der Waals surface area (Å²) in [7, 11) is 1.88. The molecule has 1 aromatic carbocycles. The predicted octanol–water partition coefficient (Wildman–Crippen LogP) is 4.14. The Morgan fingerprint density at radius 3 is 2.81 bits per heavy atom. The van der Waals surface area contributed by atoms with E-state index in [1.54, 1.807) is 12.3 Å². The quantitative estimate of drug-likeness (QED) is 0.775. The Bertz CT molecular complexity index is 840. The number of pyridine rings is 1. The first-order chi connectivity index (χ1) is 13.1. The molecule has 0 radical (unpaired) electrons. The Morgan fingerprint density at radius 2 is 2.11 bits per heavy atom. The van der Waals surface area contributed by atoms with Gasteiger partial charge in [-0.3, -0.25) is 4.79 Å². The largest absolute Gasteiger partial charge is 0.492 e. The molecule has 0 unspecified atom stereocenters. The Hall–Kier alpha value is -2.62. The molecule has 1 aromatic heterocycles. The molecule has 4 nitrogen and oxygen atoms in total. The van der Waals surface area contributed by atoms with E-state index in [1.807, 2.05) is 24.1 Å². The lowest BCUT2D eigenvalue weighted by Crippen LogP contribution is -2.41. The standard InChI is InChI=1S/C23H26N2O2/c1-3-16-6-7-19-13-20(9-8-18(19)12-16)25(2)23(26)22-11-10-21(14-24-22)27-15-17-4-5-17/h3,6-7,10-12,14,17,20H,1,4-5,8-9,13,15H2,2H3/t20-/m0/s1.